The van der Waals surface area contributed by atoms with Gasteiger partial charge in [0.2, 0.25) is 0 Å². The SMILES string of the molecule is C=C(C)c1cc(C(C)C)no1. The first kappa shape index (κ1) is 8.05. The second kappa shape index (κ2) is 2.91. The summed E-state index contributed by atoms with van der Waals surface area (Å²) in [5.74, 6) is 1.21. The lowest BCUT2D eigenvalue weighted by Gasteiger charge is -1.93. The van der Waals surface area contributed by atoms with Crippen LogP contribution in [-0.4, -0.2) is 5.16 Å². The average Bonchev–Trinajstić information content (AvgIpc) is 2.33. The topological polar surface area (TPSA) is 26.0 Å². The average molecular weight is 151 g/mol. The quantitative estimate of drug-likeness (QED) is 0.649. The molecule has 0 bridgehead atoms. The van der Waals surface area contributed by atoms with Gasteiger partial charge in [0.05, 0.1) is 5.69 Å². The van der Waals surface area contributed by atoms with Crippen LogP contribution in [0.3, 0.4) is 0 Å². The molecule has 60 valence electrons. The fourth-order valence-electron chi connectivity index (χ4n) is 0.762. The normalized spacial score (nSPS) is 10.5. The molecule has 1 aromatic heterocycles. The summed E-state index contributed by atoms with van der Waals surface area (Å²) < 4.78 is 5.04. The molecular weight excluding hydrogens is 138 g/mol. The van der Waals surface area contributed by atoms with Crippen molar-refractivity contribution in [3.63, 3.8) is 0 Å². The Kier molecular flexibility index (Phi) is 2.13. The van der Waals surface area contributed by atoms with E-state index in [-0.39, 0.29) is 0 Å². The van der Waals surface area contributed by atoms with Gasteiger partial charge in [0.25, 0.3) is 0 Å². The molecule has 0 aliphatic rings. The maximum atomic E-state index is 5.04. The van der Waals surface area contributed by atoms with E-state index in [2.05, 4.69) is 25.6 Å². The van der Waals surface area contributed by atoms with E-state index in [0.717, 1.165) is 17.0 Å². The third kappa shape index (κ3) is 1.70. The van der Waals surface area contributed by atoms with Crippen LogP contribution in [0.5, 0.6) is 0 Å². The van der Waals surface area contributed by atoms with Gasteiger partial charge in [0.1, 0.15) is 0 Å². The van der Waals surface area contributed by atoms with Crippen LogP contribution < -0.4 is 0 Å². The molecule has 0 aromatic carbocycles. The molecule has 0 unspecified atom stereocenters. The smallest absolute Gasteiger partial charge is 0.162 e. The standard InChI is InChI=1S/C9H13NO/c1-6(2)8-5-9(7(3)4)11-10-8/h5-6H,3H2,1-2,4H3. The third-order valence-electron chi connectivity index (χ3n) is 1.54. The number of aromatic nitrogens is 1. The van der Waals surface area contributed by atoms with E-state index in [1.54, 1.807) is 0 Å². The number of rotatable bonds is 2. The van der Waals surface area contributed by atoms with Crippen molar-refractivity contribution in [2.75, 3.05) is 0 Å². The first-order valence-electron chi connectivity index (χ1n) is 3.73. The van der Waals surface area contributed by atoms with Gasteiger partial charge in [-0.15, -0.1) is 0 Å². The summed E-state index contributed by atoms with van der Waals surface area (Å²) in [6.07, 6.45) is 0. The zero-order valence-corrected chi connectivity index (χ0v) is 7.22. The maximum absolute atomic E-state index is 5.04. The van der Waals surface area contributed by atoms with Gasteiger partial charge in [-0.3, -0.25) is 0 Å². The van der Waals surface area contributed by atoms with Crippen molar-refractivity contribution >= 4 is 5.57 Å². The van der Waals surface area contributed by atoms with Gasteiger partial charge in [0.15, 0.2) is 5.76 Å². The Morgan fingerprint density at radius 2 is 2.27 bits per heavy atom. The molecule has 0 aliphatic heterocycles. The predicted molar refractivity (Wildman–Crippen MR) is 45.3 cm³/mol. The Bertz CT molecular complexity index is 260. The summed E-state index contributed by atoms with van der Waals surface area (Å²) in [5.41, 5.74) is 1.91. The van der Waals surface area contributed by atoms with Crippen molar-refractivity contribution in [2.24, 2.45) is 0 Å². The van der Waals surface area contributed by atoms with Gasteiger partial charge >= 0.3 is 0 Å². The van der Waals surface area contributed by atoms with Gasteiger partial charge in [-0.2, -0.15) is 0 Å². The number of hydrogen-bond acceptors (Lipinski definition) is 2. The summed E-state index contributed by atoms with van der Waals surface area (Å²) in [5, 5.41) is 3.90. The Labute approximate surface area is 66.9 Å². The zero-order chi connectivity index (χ0) is 8.43. The Balaban J connectivity index is 2.90. The minimum atomic E-state index is 0.423. The van der Waals surface area contributed by atoms with Gasteiger partial charge in [-0.25, -0.2) is 0 Å². The minimum Gasteiger partial charge on any atom is -0.356 e. The van der Waals surface area contributed by atoms with Crippen molar-refractivity contribution in [3.8, 4) is 0 Å². The second-order valence-electron chi connectivity index (χ2n) is 3.05. The lowest BCUT2D eigenvalue weighted by atomic mass is 10.1. The molecule has 0 radical (unpaired) electrons. The molecule has 0 saturated heterocycles. The van der Waals surface area contributed by atoms with E-state index < -0.39 is 0 Å². The fourth-order valence-corrected chi connectivity index (χ4v) is 0.762. The summed E-state index contributed by atoms with van der Waals surface area (Å²) in [6, 6.07) is 1.94. The molecule has 1 aromatic rings. The molecule has 1 heterocycles. The molecule has 0 aliphatic carbocycles. The number of allylic oxidation sites excluding steroid dienone is 1. The molecular formula is C9H13NO. The highest BCUT2D eigenvalue weighted by molar-refractivity contribution is 5.56. The summed E-state index contributed by atoms with van der Waals surface area (Å²) >= 11 is 0. The lowest BCUT2D eigenvalue weighted by molar-refractivity contribution is 0.399. The summed E-state index contributed by atoms with van der Waals surface area (Å²) in [4.78, 5) is 0. The first-order chi connectivity index (χ1) is 5.11. The van der Waals surface area contributed by atoms with Crippen LogP contribution in [0, 0.1) is 0 Å². The molecule has 0 amide bonds. The Hall–Kier alpha value is -1.05. The lowest BCUT2D eigenvalue weighted by Crippen LogP contribution is -1.84. The largest absolute Gasteiger partial charge is 0.356 e. The van der Waals surface area contributed by atoms with Gasteiger partial charge in [-0.05, 0) is 18.4 Å². The van der Waals surface area contributed by atoms with Crippen molar-refractivity contribution in [2.45, 2.75) is 26.7 Å². The summed E-state index contributed by atoms with van der Waals surface area (Å²) in [7, 11) is 0. The highest BCUT2D eigenvalue weighted by Crippen LogP contribution is 2.18. The van der Waals surface area contributed by atoms with Crippen LogP contribution in [0.15, 0.2) is 17.2 Å². The number of hydrogen-bond donors (Lipinski definition) is 0. The predicted octanol–water partition coefficient (Wildman–Crippen LogP) is 2.83. The first-order valence-corrected chi connectivity index (χ1v) is 3.73. The van der Waals surface area contributed by atoms with Crippen molar-refractivity contribution in [1.29, 1.82) is 0 Å². The molecule has 1 rings (SSSR count). The van der Waals surface area contributed by atoms with E-state index >= 15 is 0 Å². The van der Waals surface area contributed by atoms with E-state index in [0.29, 0.717) is 5.92 Å². The van der Waals surface area contributed by atoms with Crippen molar-refractivity contribution in [3.05, 3.63) is 24.1 Å². The van der Waals surface area contributed by atoms with Crippen LogP contribution in [0.1, 0.15) is 38.1 Å². The molecule has 11 heavy (non-hydrogen) atoms. The van der Waals surface area contributed by atoms with E-state index in [1.165, 1.54) is 0 Å². The Morgan fingerprint density at radius 1 is 1.64 bits per heavy atom. The van der Waals surface area contributed by atoms with Crippen molar-refractivity contribution < 1.29 is 4.52 Å². The van der Waals surface area contributed by atoms with Crippen LogP contribution >= 0.6 is 0 Å². The molecule has 0 fully saturated rings. The van der Waals surface area contributed by atoms with Crippen LogP contribution in [-0.2, 0) is 0 Å². The molecule has 2 nitrogen and oxygen atoms in total. The highest BCUT2D eigenvalue weighted by Gasteiger charge is 2.06. The monoisotopic (exact) mass is 151 g/mol. The molecule has 2 heteroatoms. The highest BCUT2D eigenvalue weighted by atomic mass is 16.5. The maximum Gasteiger partial charge on any atom is 0.162 e. The number of nitrogens with zero attached hydrogens (tertiary/aromatic N) is 1. The minimum absolute atomic E-state index is 0.423. The van der Waals surface area contributed by atoms with Gasteiger partial charge < -0.3 is 4.52 Å². The van der Waals surface area contributed by atoms with Crippen LogP contribution in [0.4, 0.5) is 0 Å². The van der Waals surface area contributed by atoms with E-state index in [9.17, 15) is 0 Å². The van der Waals surface area contributed by atoms with E-state index in [4.69, 9.17) is 4.52 Å². The van der Waals surface area contributed by atoms with E-state index in [1.807, 2.05) is 13.0 Å². The second-order valence-corrected chi connectivity index (χ2v) is 3.05. The fraction of sp³-hybridized carbons (Fsp3) is 0.444. The van der Waals surface area contributed by atoms with Crippen LogP contribution in [0.2, 0.25) is 0 Å². The summed E-state index contributed by atoms with van der Waals surface area (Å²) in [6.45, 7) is 9.84. The zero-order valence-electron chi connectivity index (χ0n) is 7.22. The molecule has 0 atom stereocenters. The Morgan fingerprint density at radius 3 is 2.55 bits per heavy atom. The third-order valence-corrected chi connectivity index (χ3v) is 1.54. The molecule has 0 saturated carbocycles. The van der Waals surface area contributed by atoms with Gasteiger partial charge in [0, 0.05) is 6.07 Å². The van der Waals surface area contributed by atoms with Crippen LogP contribution in [0.25, 0.3) is 5.57 Å². The molecule has 0 spiro atoms. The van der Waals surface area contributed by atoms with Gasteiger partial charge in [-0.1, -0.05) is 25.6 Å². The molecule has 0 N–H and O–H groups in total. The van der Waals surface area contributed by atoms with Crippen molar-refractivity contribution in [1.82, 2.24) is 5.16 Å².